The summed E-state index contributed by atoms with van der Waals surface area (Å²) >= 11 is 1.39. The zero-order valence-electron chi connectivity index (χ0n) is 7.78. The van der Waals surface area contributed by atoms with Crippen molar-refractivity contribution in [2.75, 3.05) is 18.8 Å². The normalized spacial score (nSPS) is 24.4. The Kier molecular flexibility index (Phi) is 2.77. The van der Waals surface area contributed by atoms with E-state index >= 15 is 0 Å². The summed E-state index contributed by atoms with van der Waals surface area (Å²) in [6.07, 6.45) is 3.71. The van der Waals surface area contributed by atoms with Crippen LogP contribution in [0.15, 0.2) is 11.1 Å². The Bertz CT molecular complexity index is 295. The summed E-state index contributed by atoms with van der Waals surface area (Å²) < 4.78 is 0. The Morgan fingerprint density at radius 2 is 2.14 bits per heavy atom. The van der Waals surface area contributed by atoms with Crippen LogP contribution in [0, 0.1) is 0 Å². The van der Waals surface area contributed by atoms with E-state index in [1.165, 1.54) is 17.8 Å². The van der Waals surface area contributed by atoms with Crippen LogP contribution in [-0.4, -0.2) is 35.6 Å². The lowest BCUT2D eigenvalue weighted by Gasteiger charge is -2.12. The van der Waals surface area contributed by atoms with Gasteiger partial charge in [0.15, 0.2) is 0 Å². The molecule has 2 heterocycles. The first-order valence-corrected chi connectivity index (χ1v) is 5.67. The van der Waals surface area contributed by atoms with Crippen LogP contribution in [0.1, 0.15) is 12.8 Å². The number of amides is 2. The van der Waals surface area contributed by atoms with Crippen molar-refractivity contribution in [3.8, 4) is 0 Å². The van der Waals surface area contributed by atoms with Crippen LogP contribution in [0.5, 0.6) is 0 Å². The average Bonchev–Trinajstić information content (AvgIpc) is 2.75. The van der Waals surface area contributed by atoms with Crippen LogP contribution < -0.4 is 5.32 Å². The van der Waals surface area contributed by atoms with Crippen LogP contribution >= 0.6 is 11.8 Å². The summed E-state index contributed by atoms with van der Waals surface area (Å²) in [5, 5.41) is 3.33. The lowest BCUT2D eigenvalue weighted by molar-refractivity contribution is -0.125. The van der Waals surface area contributed by atoms with E-state index in [0.717, 1.165) is 25.9 Å². The van der Waals surface area contributed by atoms with Crippen molar-refractivity contribution >= 4 is 23.6 Å². The molecule has 2 rings (SSSR count). The molecule has 2 fully saturated rings. The minimum Gasteiger partial charge on any atom is -0.339 e. The molecule has 4 nitrogen and oxygen atoms in total. The van der Waals surface area contributed by atoms with Gasteiger partial charge in [-0.15, -0.1) is 0 Å². The lowest BCUT2D eigenvalue weighted by atomic mass is 10.4. The molecule has 0 aliphatic carbocycles. The zero-order chi connectivity index (χ0) is 9.97. The zero-order valence-corrected chi connectivity index (χ0v) is 8.60. The van der Waals surface area contributed by atoms with Gasteiger partial charge in [-0.3, -0.25) is 9.59 Å². The summed E-state index contributed by atoms with van der Waals surface area (Å²) in [6, 6.07) is 0. The van der Waals surface area contributed by atoms with Crippen LogP contribution in [-0.2, 0) is 9.59 Å². The molecule has 14 heavy (non-hydrogen) atoms. The highest BCUT2D eigenvalue weighted by atomic mass is 32.2. The molecule has 2 saturated heterocycles. The van der Waals surface area contributed by atoms with Gasteiger partial charge in [0.25, 0.3) is 0 Å². The van der Waals surface area contributed by atoms with Crippen LogP contribution in [0.2, 0.25) is 0 Å². The highest BCUT2D eigenvalue weighted by Gasteiger charge is 2.20. The van der Waals surface area contributed by atoms with Crippen molar-refractivity contribution in [1.29, 1.82) is 0 Å². The molecule has 0 unspecified atom stereocenters. The second-order valence-corrected chi connectivity index (χ2v) is 4.40. The van der Waals surface area contributed by atoms with Gasteiger partial charge in [0.05, 0.1) is 10.8 Å². The van der Waals surface area contributed by atoms with Gasteiger partial charge in [-0.25, -0.2) is 0 Å². The van der Waals surface area contributed by atoms with Crippen molar-refractivity contribution in [1.82, 2.24) is 10.2 Å². The fraction of sp³-hybridized carbons (Fsp3) is 0.556. The molecule has 0 aromatic rings. The van der Waals surface area contributed by atoms with Gasteiger partial charge in [0.2, 0.25) is 11.8 Å². The minimum atomic E-state index is -0.0181. The first-order chi connectivity index (χ1) is 6.75. The number of rotatable bonds is 1. The molecule has 5 heteroatoms. The first-order valence-electron chi connectivity index (χ1n) is 4.69. The van der Waals surface area contributed by atoms with E-state index in [1.54, 1.807) is 0 Å². The third-order valence-electron chi connectivity index (χ3n) is 2.29. The summed E-state index contributed by atoms with van der Waals surface area (Å²) in [7, 11) is 0. The third-order valence-corrected chi connectivity index (χ3v) is 3.23. The SMILES string of the molecule is O=C1CS/C(=C\C(=O)N2CCCC2)N1. The van der Waals surface area contributed by atoms with Gasteiger partial charge in [-0.05, 0) is 12.8 Å². The topological polar surface area (TPSA) is 49.4 Å². The Balaban J connectivity index is 1.95. The number of likely N-dealkylation sites (tertiary alicyclic amines) is 1. The van der Waals surface area contributed by atoms with E-state index in [-0.39, 0.29) is 11.8 Å². The smallest absolute Gasteiger partial charge is 0.249 e. The van der Waals surface area contributed by atoms with Crippen molar-refractivity contribution < 1.29 is 9.59 Å². The molecule has 2 aliphatic heterocycles. The average molecular weight is 212 g/mol. The highest BCUT2D eigenvalue weighted by Crippen LogP contribution is 2.19. The van der Waals surface area contributed by atoms with Crippen molar-refractivity contribution in [3.63, 3.8) is 0 Å². The fourth-order valence-electron chi connectivity index (χ4n) is 1.57. The van der Waals surface area contributed by atoms with E-state index < -0.39 is 0 Å². The number of hydrogen-bond donors (Lipinski definition) is 1. The standard InChI is InChI=1S/C9H12N2O2S/c12-7-6-14-8(10-7)5-9(13)11-3-1-2-4-11/h5H,1-4,6H2,(H,10,12)/b8-5-. The molecular formula is C9H12N2O2S. The summed E-state index contributed by atoms with van der Waals surface area (Å²) in [5.41, 5.74) is 0. The highest BCUT2D eigenvalue weighted by molar-refractivity contribution is 8.04. The minimum absolute atomic E-state index is 0.0181. The maximum absolute atomic E-state index is 11.6. The Morgan fingerprint density at radius 1 is 1.43 bits per heavy atom. The van der Waals surface area contributed by atoms with Crippen LogP contribution in [0.25, 0.3) is 0 Å². The van der Waals surface area contributed by atoms with E-state index in [1.807, 2.05) is 4.90 Å². The molecule has 0 spiro atoms. The monoisotopic (exact) mass is 212 g/mol. The molecule has 76 valence electrons. The van der Waals surface area contributed by atoms with Gasteiger partial charge in [0, 0.05) is 19.2 Å². The van der Waals surface area contributed by atoms with E-state index in [0.29, 0.717) is 10.8 Å². The van der Waals surface area contributed by atoms with E-state index in [4.69, 9.17) is 0 Å². The van der Waals surface area contributed by atoms with Gasteiger partial charge < -0.3 is 10.2 Å². The number of carbonyl (C=O) groups is 2. The molecule has 0 bridgehead atoms. The summed E-state index contributed by atoms with van der Waals surface area (Å²) in [4.78, 5) is 24.3. The fourth-order valence-corrected chi connectivity index (χ4v) is 2.30. The van der Waals surface area contributed by atoms with E-state index in [2.05, 4.69) is 5.32 Å². The predicted molar refractivity (Wildman–Crippen MR) is 54.5 cm³/mol. The number of carbonyl (C=O) groups excluding carboxylic acids is 2. The van der Waals surface area contributed by atoms with Crippen molar-refractivity contribution in [2.45, 2.75) is 12.8 Å². The Labute approximate surface area is 86.7 Å². The molecular weight excluding hydrogens is 200 g/mol. The van der Waals surface area contributed by atoms with Gasteiger partial charge in [-0.1, -0.05) is 11.8 Å². The second kappa shape index (κ2) is 4.04. The van der Waals surface area contributed by atoms with Gasteiger partial charge >= 0.3 is 0 Å². The predicted octanol–water partition coefficient (Wildman–Crippen LogP) is 0.313. The quantitative estimate of drug-likeness (QED) is 0.637. The Morgan fingerprint density at radius 3 is 2.71 bits per heavy atom. The lowest BCUT2D eigenvalue weighted by Crippen LogP contribution is -2.26. The van der Waals surface area contributed by atoms with E-state index in [9.17, 15) is 9.59 Å². The van der Waals surface area contributed by atoms with Crippen LogP contribution in [0.3, 0.4) is 0 Å². The third kappa shape index (κ3) is 2.09. The molecule has 0 saturated carbocycles. The maximum Gasteiger partial charge on any atom is 0.249 e. The Hall–Kier alpha value is -0.970. The first kappa shape index (κ1) is 9.58. The number of hydrogen-bond acceptors (Lipinski definition) is 3. The van der Waals surface area contributed by atoms with Crippen molar-refractivity contribution in [2.24, 2.45) is 0 Å². The van der Waals surface area contributed by atoms with Gasteiger partial charge in [0.1, 0.15) is 0 Å². The molecule has 2 amide bonds. The number of nitrogens with one attached hydrogen (secondary N) is 1. The summed E-state index contributed by atoms with van der Waals surface area (Å²) in [5.74, 6) is 0.432. The molecule has 1 N–H and O–H groups in total. The summed E-state index contributed by atoms with van der Waals surface area (Å²) in [6.45, 7) is 1.70. The van der Waals surface area contributed by atoms with Crippen LogP contribution in [0.4, 0.5) is 0 Å². The number of nitrogens with zero attached hydrogens (tertiary/aromatic N) is 1. The molecule has 2 aliphatic rings. The number of thioether (sulfide) groups is 1. The maximum atomic E-state index is 11.6. The van der Waals surface area contributed by atoms with Crippen molar-refractivity contribution in [3.05, 3.63) is 11.1 Å². The largest absolute Gasteiger partial charge is 0.339 e. The molecule has 0 aromatic carbocycles. The molecule has 0 atom stereocenters. The van der Waals surface area contributed by atoms with Gasteiger partial charge in [-0.2, -0.15) is 0 Å². The molecule has 0 aromatic heterocycles. The molecule has 0 radical (unpaired) electrons. The second-order valence-electron chi connectivity index (χ2n) is 3.38.